The third-order valence-electron chi connectivity index (χ3n) is 4.10. The highest BCUT2D eigenvalue weighted by Gasteiger charge is 2.35. The standard InChI is InChI=1S/C23H21O3P/c1-2-26-27(25,21-16-10-5-11-17-21)22(18-19-12-6-3-7-13-19)23(24)20-14-8-4-9-15-20/h3-18H,2H2,1H3/b22-18-. The Kier molecular flexibility index (Phi) is 6.18. The molecule has 3 nitrogen and oxygen atoms in total. The third-order valence-corrected chi connectivity index (χ3v) is 6.66. The Bertz CT molecular complexity index is 964. The van der Waals surface area contributed by atoms with Crippen molar-refractivity contribution in [2.45, 2.75) is 6.92 Å². The Balaban J connectivity index is 2.20. The number of allylic oxidation sites excluding steroid dienone is 1. The van der Waals surface area contributed by atoms with Crippen molar-refractivity contribution in [2.75, 3.05) is 6.61 Å². The molecule has 0 spiro atoms. The molecule has 0 radical (unpaired) electrons. The second-order valence-corrected chi connectivity index (χ2v) is 8.30. The zero-order valence-electron chi connectivity index (χ0n) is 15.1. The van der Waals surface area contributed by atoms with E-state index in [9.17, 15) is 9.36 Å². The van der Waals surface area contributed by atoms with E-state index in [1.54, 1.807) is 61.5 Å². The van der Waals surface area contributed by atoms with Crippen LogP contribution >= 0.6 is 7.37 Å². The molecule has 3 rings (SSSR count). The number of Topliss-reactive ketones (excluding diaryl/α,β-unsaturated/α-hetero) is 1. The molecule has 0 aliphatic carbocycles. The minimum atomic E-state index is -3.56. The molecule has 0 saturated heterocycles. The summed E-state index contributed by atoms with van der Waals surface area (Å²) >= 11 is 0. The van der Waals surface area contributed by atoms with Gasteiger partial charge in [-0.1, -0.05) is 78.9 Å². The van der Waals surface area contributed by atoms with E-state index in [-0.39, 0.29) is 17.7 Å². The lowest BCUT2D eigenvalue weighted by atomic mass is 10.1. The van der Waals surface area contributed by atoms with Gasteiger partial charge in [0.2, 0.25) is 0 Å². The molecule has 3 aromatic carbocycles. The summed E-state index contributed by atoms with van der Waals surface area (Å²) in [7, 11) is -3.56. The molecule has 1 unspecified atom stereocenters. The third kappa shape index (κ3) is 4.33. The molecular formula is C23H21O3P. The second-order valence-electron chi connectivity index (χ2n) is 5.94. The minimum Gasteiger partial charge on any atom is -0.322 e. The monoisotopic (exact) mass is 376 g/mol. The summed E-state index contributed by atoms with van der Waals surface area (Å²) in [5.74, 6) is -0.292. The molecule has 4 heteroatoms. The highest BCUT2D eigenvalue weighted by Crippen LogP contribution is 2.55. The summed E-state index contributed by atoms with van der Waals surface area (Å²) in [5.41, 5.74) is 1.28. The maximum absolute atomic E-state index is 14.0. The van der Waals surface area contributed by atoms with Crippen molar-refractivity contribution in [1.82, 2.24) is 0 Å². The molecule has 0 saturated carbocycles. The molecular weight excluding hydrogens is 355 g/mol. The Hall–Kier alpha value is -2.74. The Morgan fingerprint density at radius 3 is 1.93 bits per heavy atom. The van der Waals surface area contributed by atoms with Gasteiger partial charge < -0.3 is 4.52 Å². The van der Waals surface area contributed by atoms with Gasteiger partial charge in [-0.2, -0.15) is 0 Å². The van der Waals surface area contributed by atoms with Crippen LogP contribution in [0.3, 0.4) is 0 Å². The Morgan fingerprint density at radius 1 is 0.852 bits per heavy atom. The predicted octanol–water partition coefficient (Wildman–Crippen LogP) is 5.55. The number of carbonyl (C=O) groups is 1. The summed E-state index contributed by atoms with van der Waals surface area (Å²) in [6.45, 7) is 2.02. The average Bonchev–Trinajstić information content (AvgIpc) is 2.73. The first-order valence-electron chi connectivity index (χ1n) is 8.82. The number of carbonyl (C=O) groups excluding carboxylic acids is 1. The van der Waals surface area contributed by atoms with Crippen molar-refractivity contribution >= 4 is 24.5 Å². The van der Waals surface area contributed by atoms with E-state index in [1.165, 1.54) is 0 Å². The number of hydrogen-bond donors (Lipinski definition) is 0. The zero-order valence-corrected chi connectivity index (χ0v) is 16.0. The summed E-state index contributed by atoms with van der Waals surface area (Å²) in [4.78, 5) is 13.3. The fourth-order valence-electron chi connectivity index (χ4n) is 2.82. The normalized spacial score (nSPS) is 13.7. The lowest BCUT2D eigenvalue weighted by molar-refractivity contribution is 0.104. The zero-order chi connectivity index (χ0) is 19.1. The number of rotatable bonds is 7. The van der Waals surface area contributed by atoms with Crippen LogP contribution < -0.4 is 5.30 Å². The van der Waals surface area contributed by atoms with Crippen LogP contribution in [-0.2, 0) is 9.09 Å². The van der Waals surface area contributed by atoms with E-state index < -0.39 is 7.37 Å². The largest absolute Gasteiger partial charge is 0.322 e. The van der Waals surface area contributed by atoms with Gasteiger partial charge in [0.05, 0.1) is 11.9 Å². The average molecular weight is 376 g/mol. The molecule has 0 N–H and O–H groups in total. The molecule has 0 heterocycles. The van der Waals surface area contributed by atoms with E-state index >= 15 is 0 Å². The minimum absolute atomic E-state index is 0.174. The van der Waals surface area contributed by atoms with Crippen molar-refractivity contribution in [1.29, 1.82) is 0 Å². The first kappa shape index (κ1) is 19.0. The molecule has 0 fully saturated rings. The quantitative estimate of drug-likeness (QED) is 0.308. The molecule has 3 aromatic rings. The van der Waals surface area contributed by atoms with Gasteiger partial charge in [-0.3, -0.25) is 9.36 Å². The van der Waals surface area contributed by atoms with Crippen LogP contribution in [0, 0.1) is 0 Å². The number of benzene rings is 3. The van der Waals surface area contributed by atoms with E-state index in [4.69, 9.17) is 4.52 Å². The van der Waals surface area contributed by atoms with Crippen molar-refractivity contribution in [3.8, 4) is 0 Å². The molecule has 0 aliphatic heterocycles. The van der Waals surface area contributed by atoms with Crippen molar-refractivity contribution < 1.29 is 13.9 Å². The summed E-state index contributed by atoms with van der Waals surface area (Å²) < 4.78 is 19.8. The molecule has 0 aromatic heterocycles. The number of hydrogen-bond acceptors (Lipinski definition) is 3. The van der Waals surface area contributed by atoms with E-state index in [0.29, 0.717) is 10.9 Å². The first-order chi connectivity index (χ1) is 13.1. The van der Waals surface area contributed by atoms with Crippen LogP contribution in [0.15, 0.2) is 96.3 Å². The topological polar surface area (TPSA) is 43.4 Å². The summed E-state index contributed by atoms with van der Waals surface area (Å²) in [6, 6.07) is 27.2. The second kappa shape index (κ2) is 8.77. The van der Waals surface area contributed by atoms with Gasteiger partial charge in [0.15, 0.2) is 5.78 Å². The molecule has 1 atom stereocenters. The van der Waals surface area contributed by atoms with Crippen LogP contribution in [0.1, 0.15) is 22.8 Å². The van der Waals surface area contributed by atoms with Crippen LogP contribution in [0.5, 0.6) is 0 Å². The van der Waals surface area contributed by atoms with Gasteiger partial charge in [0.1, 0.15) is 0 Å². The Labute approximate surface area is 159 Å². The highest BCUT2D eigenvalue weighted by molar-refractivity contribution is 7.72. The van der Waals surface area contributed by atoms with Gasteiger partial charge in [-0.05, 0) is 30.7 Å². The van der Waals surface area contributed by atoms with E-state index in [2.05, 4.69) is 0 Å². The lowest BCUT2D eigenvalue weighted by Crippen LogP contribution is -2.15. The Morgan fingerprint density at radius 2 is 1.37 bits per heavy atom. The van der Waals surface area contributed by atoms with Gasteiger partial charge in [-0.15, -0.1) is 0 Å². The van der Waals surface area contributed by atoms with E-state index in [1.807, 2.05) is 42.5 Å². The van der Waals surface area contributed by atoms with E-state index in [0.717, 1.165) is 5.56 Å². The van der Waals surface area contributed by atoms with Crippen LogP contribution in [0.2, 0.25) is 0 Å². The molecule has 0 aliphatic rings. The van der Waals surface area contributed by atoms with Crippen molar-refractivity contribution in [3.05, 3.63) is 107 Å². The fourth-order valence-corrected chi connectivity index (χ4v) is 5.03. The molecule has 136 valence electrons. The number of ketones is 1. The summed E-state index contributed by atoms with van der Waals surface area (Å²) in [5, 5.41) is 0.686. The van der Waals surface area contributed by atoms with Gasteiger partial charge in [0, 0.05) is 10.9 Å². The van der Waals surface area contributed by atoms with Crippen LogP contribution in [0.4, 0.5) is 0 Å². The maximum Gasteiger partial charge on any atom is 0.265 e. The van der Waals surface area contributed by atoms with Gasteiger partial charge in [0.25, 0.3) is 7.37 Å². The maximum atomic E-state index is 14.0. The highest BCUT2D eigenvalue weighted by atomic mass is 31.2. The smallest absolute Gasteiger partial charge is 0.265 e. The lowest BCUT2D eigenvalue weighted by Gasteiger charge is -2.21. The SMILES string of the molecule is CCOP(=O)(/C(=C\c1ccccc1)C(=O)c1ccccc1)c1ccccc1. The van der Waals surface area contributed by atoms with Crippen molar-refractivity contribution in [3.63, 3.8) is 0 Å². The molecule has 27 heavy (non-hydrogen) atoms. The van der Waals surface area contributed by atoms with Gasteiger partial charge >= 0.3 is 0 Å². The molecule has 0 amide bonds. The first-order valence-corrected chi connectivity index (χ1v) is 10.4. The van der Waals surface area contributed by atoms with Gasteiger partial charge in [-0.25, -0.2) is 0 Å². The predicted molar refractivity (Wildman–Crippen MR) is 111 cm³/mol. The van der Waals surface area contributed by atoms with Crippen molar-refractivity contribution in [2.24, 2.45) is 0 Å². The van der Waals surface area contributed by atoms with Crippen LogP contribution in [0.25, 0.3) is 6.08 Å². The molecule has 0 bridgehead atoms. The fraction of sp³-hybridized carbons (Fsp3) is 0.0870. The summed E-state index contributed by atoms with van der Waals surface area (Å²) in [6.07, 6.45) is 1.68. The van der Waals surface area contributed by atoms with Crippen LogP contribution in [-0.4, -0.2) is 12.4 Å².